The fourth-order valence-electron chi connectivity index (χ4n) is 1.41. The van der Waals surface area contributed by atoms with Gasteiger partial charge >= 0.3 is 0 Å². The van der Waals surface area contributed by atoms with Crippen molar-refractivity contribution in [2.24, 2.45) is 5.41 Å². The van der Waals surface area contributed by atoms with Gasteiger partial charge in [0.05, 0.1) is 10.6 Å². The Morgan fingerprint density at radius 1 is 1.44 bits per heavy atom. The summed E-state index contributed by atoms with van der Waals surface area (Å²) in [5, 5.41) is 22.6. The Morgan fingerprint density at radius 3 is 2.56 bits per heavy atom. The second-order valence-electron chi connectivity index (χ2n) is 5.24. The number of amides is 1. The highest BCUT2D eigenvalue weighted by Crippen LogP contribution is 2.28. The molecule has 0 radical (unpaired) electrons. The van der Waals surface area contributed by atoms with Crippen molar-refractivity contribution in [3.63, 3.8) is 0 Å². The highest BCUT2D eigenvalue weighted by atomic mass is 16.6. The predicted octanol–water partition coefficient (Wildman–Crippen LogP) is 2.68. The lowest BCUT2D eigenvalue weighted by molar-refractivity contribution is -0.384. The van der Waals surface area contributed by atoms with E-state index in [9.17, 15) is 20.0 Å². The highest BCUT2D eigenvalue weighted by molar-refractivity contribution is 5.92. The molecular weight excluding hydrogens is 236 g/mol. The molecule has 0 aliphatic rings. The smallest absolute Gasteiger partial charge is 0.271 e. The summed E-state index contributed by atoms with van der Waals surface area (Å²) in [5.41, 5.74) is -0.322. The minimum atomic E-state index is -0.584. The number of nitrogens with zero attached hydrogens (tertiary/aromatic N) is 1. The second kappa shape index (κ2) is 5.03. The molecule has 6 heteroatoms. The van der Waals surface area contributed by atoms with Crippen LogP contribution in [0.25, 0.3) is 0 Å². The molecule has 0 aliphatic carbocycles. The number of phenols is 1. The van der Waals surface area contributed by atoms with Crippen LogP contribution < -0.4 is 5.32 Å². The molecule has 1 aromatic carbocycles. The third-order valence-corrected chi connectivity index (χ3v) is 2.16. The lowest BCUT2D eigenvalue weighted by Crippen LogP contribution is -2.19. The van der Waals surface area contributed by atoms with E-state index in [1.165, 1.54) is 12.1 Å². The summed E-state index contributed by atoms with van der Waals surface area (Å²) in [6, 6.07) is 3.50. The Morgan fingerprint density at radius 2 is 2.06 bits per heavy atom. The molecular formula is C12H16N2O4. The largest absolute Gasteiger partial charge is 0.506 e. The van der Waals surface area contributed by atoms with Gasteiger partial charge in [-0.25, -0.2) is 0 Å². The molecule has 1 amide bonds. The first-order valence-electron chi connectivity index (χ1n) is 5.46. The van der Waals surface area contributed by atoms with Gasteiger partial charge in [0.15, 0.2) is 0 Å². The first-order valence-corrected chi connectivity index (χ1v) is 5.46. The van der Waals surface area contributed by atoms with Crippen molar-refractivity contribution in [3.8, 4) is 5.75 Å². The first-order chi connectivity index (χ1) is 8.19. The fraction of sp³-hybridized carbons (Fsp3) is 0.417. The van der Waals surface area contributed by atoms with E-state index in [1.807, 2.05) is 20.8 Å². The summed E-state index contributed by atoms with van der Waals surface area (Å²) in [7, 11) is 0. The molecule has 0 saturated carbocycles. The van der Waals surface area contributed by atoms with Gasteiger partial charge in [-0.15, -0.1) is 0 Å². The number of phenolic OH excluding ortho intramolecular Hbond substituents is 1. The summed E-state index contributed by atoms with van der Waals surface area (Å²) < 4.78 is 0. The fourth-order valence-corrected chi connectivity index (χ4v) is 1.41. The van der Waals surface area contributed by atoms with E-state index in [2.05, 4.69) is 5.32 Å². The zero-order valence-electron chi connectivity index (χ0n) is 10.6. The number of nitro groups is 1. The van der Waals surface area contributed by atoms with Crippen molar-refractivity contribution in [2.45, 2.75) is 27.2 Å². The number of hydrogen-bond donors (Lipinski definition) is 2. The molecule has 0 aromatic heterocycles. The Hall–Kier alpha value is -2.11. The van der Waals surface area contributed by atoms with Gasteiger partial charge in [0, 0.05) is 18.6 Å². The third-order valence-electron chi connectivity index (χ3n) is 2.16. The standard InChI is InChI=1S/C12H16N2O4/c1-12(2,3)7-11(16)13-9-6-8(14(17)18)4-5-10(9)15/h4-6,15H,7H2,1-3H3,(H,13,16). The van der Waals surface area contributed by atoms with E-state index in [4.69, 9.17) is 0 Å². The number of benzene rings is 1. The molecule has 0 saturated heterocycles. The molecule has 0 heterocycles. The average molecular weight is 252 g/mol. The van der Waals surface area contributed by atoms with Gasteiger partial charge in [0.1, 0.15) is 5.75 Å². The number of carbonyl (C=O) groups is 1. The van der Waals surface area contributed by atoms with Gasteiger partial charge in [0.25, 0.3) is 5.69 Å². The van der Waals surface area contributed by atoms with Crippen molar-refractivity contribution in [3.05, 3.63) is 28.3 Å². The lowest BCUT2D eigenvalue weighted by Gasteiger charge is -2.17. The van der Waals surface area contributed by atoms with Crippen LogP contribution in [0.1, 0.15) is 27.2 Å². The summed E-state index contributed by atoms with van der Waals surface area (Å²) in [4.78, 5) is 21.7. The molecule has 0 spiro atoms. The van der Waals surface area contributed by atoms with Gasteiger partial charge in [-0.3, -0.25) is 14.9 Å². The molecule has 0 atom stereocenters. The molecule has 2 N–H and O–H groups in total. The molecule has 1 aromatic rings. The van der Waals surface area contributed by atoms with Gasteiger partial charge in [-0.05, 0) is 11.5 Å². The summed E-state index contributed by atoms with van der Waals surface area (Å²) in [6.07, 6.45) is 0.259. The number of rotatable bonds is 3. The number of nitrogens with one attached hydrogen (secondary N) is 1. The van der Waals surface area contributed by atoms with E-state index >= 15 is 0 Å². The zero-order valence-corrected chi connectivity index (χ0v) is 10.6. The van der Waals surface area contributed by atoms with Crippen LogP contribution in [0, 0.1) is 15.5 Å². The monoisotopic (exact) mass is 252 g/mol. The maximum atomic E-state index is 11.7. The van der Waals surface area contributed by atoms with Crippen molar-refractivity contribution in [1.29, 1.82) is 0 Å². The van der Waals surface area contributed by atoms with Crippen LogP contribution in [0.4, 0.5) is 11.4 Å². The van der Waals surface area contributed by atoms with Crippen molar-refractivity contribution in [2.75, 3.05) is 5.32 Å². The van der Waals surface area contributed by atoms with Crippen LogP contribution in [0.5, 0.6) is 5.75 Å². The second-order valence-corrected chi connectivity index (χ2v) is 5.24. The van der Waals surface area contributed by atoms with E-state index < -0.39 is 4.92 Å². The van der Waals surface area contributed by atoms with Crippen molar-refractivity contribution < 1.29 is 14.8 Å². The molecule has 6 nitrogen and oxygen atoms in total. The highest BCUT2D eigenvalue weighted by Gasteiger charge is 2.18. The average Bonchev–Trinajstić information content (AvgIpc) is 2.18. The Balaban J connectivity index is 2.87. The number of non-ortho nitro benzene ring substituents is 1. The SMILES string of the molecule is CC(C)(C)CC(=O)Nc1cc([N+](=O)[O-])ccc1O. The topological polar surface area (TPSA) is 92.5 Å². The van der Waals surface area contributed by atoms with E-state index in [0.29, 0.717) is 0 Å². The van der Waals surface area contributed by atoms with Crippen molar-refractivity contribution >= 4 is 17.3 Å². The zero-order chi connectivity index (χ0) is 13.9. The molecule has 0 bridgehead atoms. The minimum Gasteiger partial charge on any atom is -0.506 e. The van der Waals surface area contributed by atoms with Crippen LogP contribution >= 0.6 is 0 Å². The molecule has 98 valence electrons. The van der Waals surface area contributed by atoms with E-state index in [-0.39, 0.29) is 34.9 Å². The lowest BCUT2D eigenvalue weighted by atomic mass is 9.92. The number of carbonyl (C=O) groups excluding carboxylic acids is 1. The Labute approximate surface area is 105 Å². The molecule has 18 heavy (non-hydrogen) atoms. The number of hydrogen-bond acceptors (Lipinski definition) is 4. The molecule has 0 unspecified atom stereocenters. The van der Waals surface area contributed by atoms with Crippen LogP contribution in [0.3, 0.4) is 0 Å². The molecule has 1 rings (SSSR count). The van der Waals surface area contributed by atoms with Gasteiger partial charge in [-0.2, -0.15) is 0 Å². The quantitative estimate of drug-likeness (QED) is 0.491. The predicted molar refractivity (Wildman–Crippen MR) is 67.5 cm³/mol. The minimum absolute atomic E-state index is 0.0541. The normalized spacial score (nSPS) is 11.1. The van der Waals surface area contributed by atoms with Crippen LogP contribution in [0.2, 0.25) is 0 Å². The first kappa shape index (κ1) is 14.0. The third kappa shape index (κ3) is 4.04. The summed E-state index contributed by atoms with van der Waals surface area (Å²) >= 11 is 0. The van der Waals surface area contributed by atoms with Crippen LogP contribution in [-0.4, -0.2) is 15.9 Å². The molecule has 0 fully saturated rings. The van der Waals surface area contributed by atoms with Crippen LogP contribution in [0.15, 0.2) is 18.2 Å². The van der Waals surface area contributed by atoms with E-state index in [0.717, 1.165) is 6.07 Å². The number of anilines is 1. The van der Waals surface area contributed by atoms with Gasteiger partial charge in [-0.1, -0.05) is 20.8 Å². The number of nitro benzene ring substituents is 1. The summed E-state index contributed by atoms with van der Waals surface area (Å²) in [5.74, 6) is -0.485. The maximum Gasteiger partial charge on any atom is 0.271 e. The van der Waals surface area contributed by atoms with Crippen molar-refractivity contribution in [1.82, 2.24) is 0 Å². The maximum absolute atomic E-state index is 11.7. The Kier molecular flexibility index (Phi) is 3.90. The van der Waals surface area contributed by atoms with E-state index in [1.54, 1.807) is 0 Å². The van der Waals surface area contributed by atoms with Crippen LogP contribution in [-0.2, 0) is 4.79 Å². The van der Waals surface area contributed by atoms with Gasteiger partial charge in [0.2, 0.25) is 5.91 Å². The molecule has 0 aliphatic heterocycles. The van der Waals surface area contributed by atoms with Gasteiger partial charge < -0.3 is 10.4 Å². The Bertz CT molecular complexity index is 477. The summed E-state index contributed by atoms with van der Waals surface area (Å²) in [6.45, 7) is 5.71. The number of aromatic hydroxyl groups is 1.